The fraction of sp³-hybridized carbons (Fsp3) is 0.292. The number of aromatic nitrogens is 2. The van der Waals surface area contributed by atoms with Gasteiger partial charge in [0.1, 0.15) is 5.92 Å². The molecule has 170 valence electrons. The minimum atomic E-state index is -0.568. The van der Waals surface area contributed by atoms with Crippen molar-refractivity contribution in [3.05, 3.63) is 80.6 Å². The van der Waals surface area contributed by atoms with Crippen LogP contribution in [0.1, 0.15) is 18.5 Å². The minimum absolute atomic E-state index is 0.0137. The summed E-state index contributed by atoms with van der Waals surface area (Å²) in [6, 6.07) is 16.5. The summed E-state index contributed by atoms with van der Waals surface area (Å²) < 4.78 is 1.66. The van der Waals surface area contributed by atoms with Gasteiger partial charge in [0.25, 0.3) is 5.56 Å². The Balaban J connectivity index is 1.45. The Bertz CT molecular complexity index is 1280. The number of aliphatic imine (C=N–C) groups is 1. The monoisotopic (exact) mass is 483 g/mol. The molecule has 0 radical (unpaired) electrons. The molecular formula is C24H23Cl2N5O2. The number of nitrogens with one attached hydrogen (secondary N) is 1. The van der Waals surface area contributed by atoms with Crippen molar-refractivity contribution >= 4 is 46.3 Å². The Morgan fingerprint density at radius 1 is 1.00 bits per heavy atom. The number of fused-ring (bicyclic) bond motifs is 1. The van der Waals surface area contributed by atoms with Gasteiger partial charge in [0.05, 0.1) is 16.1 Å². The van der Waals surface area contributed by atoms with Gasteiger partial charge in [-0.25, -0.2) is 4.99 Å². The van der Waals surface area contributed by atoms with E-state index in [9.17, 15) is 9.59 Å². The molecule has 7 nitrogen and oxygen atoms in total. The summed E-state index contributed by atoms with van der Waals surface area (Å²) in [6.07, 6.45) is 0. The lowest BCUT2D eigenvalue weighted by Gasteiger charge is -2.40. The second kappa shape index (κ2) is 8.72. The second-order valence-electron chi connectivity index (χ2n) is 8.35. The van der Waals surface area contributed by atoms with Crippen molar-refractivity contribution in [2.45, 2.75) is 13.0 Å². The molecule has 0 aliphatic carbocycles. The lowest BCUT2D eigenvalue weighted by molar-refractivity contribution is -0.134. The van der Waals surface area contributed by atoms with Gasteiger partial charge < -0.3 is 9.80 Å². The first-order valence-electron chi connectivity index (χ1n) is 10.8. The molecule has 2 unspecified atom stereocenters. The molecule has 2 atom stereocenters. The topological polar surface area (TPSA) is 73.7 Å². The molecule has 0 saturated carbocycles. The third kappa shape index (κ3) is 4.07. The summed E-state index contributed by atoms with van der Waals surface area (Å²) in [7, 11) is 0. The van der Waals surface area contributed by atoms with Gasteiger partial charge in [0.15, 0.2) is 5.82 Å². The number of rotatable bonds is 3. The molecule has 33 heavy (non-hydrogen) atoms. The van der Waals surface area contributed by atoms with Gasteiger partial charge >= 0.3 is 0 Å². The molecule has 0 spiro atoms. The summed E-state index contributed by atoms with van der Waals surface area (Å²) in [4.78, 5) is 34.7. The van der Waals surface area contributed by atoms with E-state index in [1.165, 1.54) is 6.07 Å². The predicted molar refractivity (Wildman–Crippen MR) is 131 cm³/mol. The number of hydrogen-bond acceptors (Lipinski definition) is 4. The first-order valence-corrected chi connectivity index (χ1v) is 11.6. The summed E-state index contributed by atoms with van der Waals surface area (Å²) in [5, 5.41) is 3.64. The number of anilines is 1. The average molecular weight is 484 g/mol. The number of para-hydroxylation sites is 1. The highest BCUT2D eigenvalue weighted by Crippen LogP contribution is 2.38. The Hall–Kier alpha value is -3.03. The van der Waals surface area contributed by atoms with Crippen molar-refractivity contribution in [2.24, 2.45) is 10.9 Å². The molecule has 1 amide bonds. The van der Waals surface area contributed by atoms with Crippen LogP contribution in [0, 0.1) is 5.92 Å². The van der Waals surface area contributed by atoms with Crippen molar-refractivity contribution in [3.8, 4) is 0 Å². The van der Waals surface area contributed by atoms with Crippen molar-refractivity contribution in [1.82, 2.24) is 14.7 Å². The Morgan fingerprint density at radius 3 is 2.42 bits per heavy atom. The molecule has 0 bridgehead atoms. The third-order valence-electron chi connectivity index (χ3n) is 6.34. The van der Waals surface area contributed by atoms with Crippen molar-refractivity contribution in [3.63, 3.8) is 0 Å². The summed E-state index contributed by atoms with van der Waals surface area (Å²) in [5.74, 6) is -0.0900. The molecular weight excluding hydrogens is 461 g/mol. The van der Waals surface area contributed by atoms with Crippen molar-refractivity contribution in [2.75, 3.05) is 31.1 Å². The quantitative estimate of drug-likeness (QED) is 0.608. The van der Waals surface area contributed by atoms with Crippen LogP contribution < -0.4 is 10.5 Å². The number of nitrogens with zero attached hydrogens (tertiary/aromatic N) is 4. The molecule has 3 heterocycles. The molecule has 5 rings (SSSR count). The molecule has 1 aromatic heterocycles. The van der Waals surface area contributed by atoms with Crippen LogP contribution in [0.4, 0.5) is 11.5 Å². The van der Waals surface area contributed by atoms with Gasteiger partial charge in [-0.2, -0.15) is 0 Å². The van der Waals surface area contributed by atoms with Crippen LogP contribution in [0.2, 0.25) is 10.0 Å². The van der Waals surface area contributed by atoms with E-state index in [0.717, 1.165) is 24.3 Å². The van der Waals surface area contributed by atoms with E-state index in [-0.39, 0.29) is 11.5 Å². The van der Waals surface area contributed by atoms with E-state index in [1.54, 1.807) is 16.8 Å². The second-order valence-corrected chi connectivity index (χ2v) is 9.16. The van der Waals surface area contributed by atoms with Gasteiger partial charge in [-0.1, -0.05) is 47.5 Å². The number of piperazine rings is 1. The smallest absolute Gasteiger partial charge is 0.266 e. The fourth-order valence-electron chi connectivity index (χ4n) is 4.69. The molecule has 1 N–H and O–H groups in total. The summed E-state index contributed by atoms with van der Waals surface area (Å²) in [5.41, 5.74) is 2.34. The van der Waals surface area contributed by atoms with E-state index in [0.29, 0.717) is 34.7 Å². The van der Waals surface area contributed by atoms with E-state index in [4.69, 9.17) is 23.2 Å². The zero-order valence-electron chi connectivity index (χ0n) is 18.0. The van der Waals surface area contributed by atoms with Gasteiger partial charge in [-0.15, -0.1) is 0 Å². The number of aromatic amines is 1. The molecule has 9 heteroatoms. The maximum atomic E-state index is 13.8. The highest BCUT2D eigenvalue weighted by atomic mass is 35.5. The highest BCUT2D eigenvalue weighted by molar-refractivity contribution is 6.42. The summed E-state index contributed by atoms with van der Waals surface area (Å²) >= 11 is 12.4. The Kier molecular flexibility index (Phi) is 5.76. The maximum absolute atomic E-state index is 13.8. The minimum Gasteiger partial charge on any atom is -0.368 e. The van der Waals surface area contributed by atoms with Gasteiger partial charge in [0.2, 0.25) is 5.91 Å². The Morgan fingerprint density at radius 2 is 1.73 bits per heavy atom. The lowest BCUT2D eigenvalue weighted by atomic mass is 9.87. The average Bonchev–Trinajstić information content (AvgIpc) is 3.19. The van der Waals surface area contributed by atoms with Crippen LogP contribution in [0.3, 0.4) is 0 Å². The molecule has 1 saturated heterocycles. The van der Waals surface area contributed by atoms with Crippen molar-refractivity contribution in [1.29, 1.82) is 0 Å². The van der Waals surface area contributed by atoms with Gasteiger partial charge in [0, 0.05) is 43.6 Å². The predicted octanol–water partition coefficient (Wildman–Crippen LogP) is 4.14. The van der Waals surface area contributed by atoms with E-state index in [1.807, 2.05) is 36.1 Å². The number of halogens is 2. The zero-order valence-corrected chi connectivity index (χ0v) is 19.6. The maximum Gasteiger partial charge on any atom is 0.266 e. The van der Waals surface area contributed by atoms with Crippen LogP contribution in [0.5, 0.6) is 0 Å². The number of benzene rings is 2. The first kappa shape index (κ1) is 21.8. The number of hydrogen-bond donors (Lipinski definition) is 1. The number of carbonyl (C=O) groups is 1. The first-order chi connectivity index (χ1) is 15.9. The molecule has 2 aliphatic heterocycles. The van der Waals surface area contributed by atoms with Crippen LogP contribution in [-0.2, 0) is 4.79 Å². The summed E-state index contributed by atoms with van der Waals surface area (Å²) in [6.45, 7) is 4.57. The van der Waals surface area contributed by atoms with Gasteiger partial charge in [-0.05, 0) is 36.8 Å². The van der Waals surface area contributed by atoms with Crippen LogP contribution in [0.15, 0.2) is 64.4 Å². The number of amides is 1. The van der Waals surface area contributed by atoms with E-state index in [2.05, 4.69) is 27.1 Å². The SMILES string of the molecule is CC1=Nc2cc(=O)[nH]n2C(c2ccc(Cl)c(Cl)c2)C1C(=O)N1CCN(c2ccccc2)CC1. The standard InChI is InChI=1S/C24H23Cl2N5O2/c1-15-22(24(33)30-11-9-29(10-12-30)17-5-3-2-4-6-17)23(16-7-8-18(25)19(26)13-16)31-20(27-15)14-21(32)28-31/h2-8,13-14,22-23H,9-12H2,1H3,(H,28,32). The molecule has 2 aliphatic rings. The number of carbonyl (C=O) groups excluding carboxylic acids is 1. The van der Waals surface area contributed by atoms with Gasteiger partial charge in [-0.3, -0.25) is 19.4 Å². The lowest BCUT2D eigenvalue weighted by Crippen LogP contribution is -2.53. The normalized spacial score (nSPS) is 20.4. The molecule has 2 aromatic carbocycles. The number of H-pyrrole nitrogens is 1. The van der Waals surface area contributed by atoms with Crippen molar-refractivity contribution < 1.29 is 4.79 Å². The van der Waals surface area contributed by atoms with Crippen LogP contribution in [-0.4, -0.2) is 52.5 Å². The molecule has 3 aromatic rings. The van der Waals surface area contributed by atoms with E-state index < -0.39 is 12.0 Å². The molecule has 1 fully saturated rings. The third-order valence-corrected chi connectivity index (χ3v) is 7.08. The highest BCUT2D eigenvalue weighted by Gasteiger charge is 2.41. The Labute approximate surface area is 201 Å². The van der Waals surface area contributed by atoms with Crippen LogP contribution in [0.25, 0.3) is 0 Å². The largest absolute Gasteiger partial charge is 0.368 e. The van der Waals surface area contributed by atoms with E-state index >= 15 is 0 Å². The van der Waals surface area contributed by atoms with Crippen LogP contribution >= 0.6 is 23.2 Å². The fourth-order valence-corrected chi connectivity index (χ4v) is 5.00. The zero-order chi connectivity index (χ0) is 23.1.